The highest BCUT2D eigenvalue weighted by molar-refractivity contribution is 9.10. The Hall–Kier alpha value is -1.68. The van der Waals surface area contributed by atoms with Crippen molar-refractivity contribution in [2.75, 3.05) is 12.4 Å². The molecule has 3 nitrogen and oxygen atoms in total. The second-order valence-corrected chi connectivity index (χ2v) is 5.69. The van der Waals surface area contributed by atoms with E-state index in [2.05, 4.69) is 21.2 Å². The maximum atomic E-state index is 9.98. The minimum absolute atomic E-state index is 0.0295. The Balaban J connectivity index is 2.29. The van der Waals surface area contributed by atoms with Crippen LogP contribution in [0.3, 0.4) is 0 Å². The predicted molar refractivity (Wildman–Crippen MR) is 85.6 cm³/mol. The normalized spacial score (nSPS) is 12.0. The number of aromatic hydroxyl groups is 1. The van der Waals surface area contributed by atoms with Crippen LogP contribution in [0.15, 0.2) is 40.9 Å². The van der Waals surface area contributed by atoms with E-state index in [9.17, 15) is 5.11 Å². The lowest BCUT2D eigenvalue weighted by Gasteiger charge is -2.19. The van der Waals surface area contributed by atoms with E-state index in [0.29, 0.717) is 5.75 Å². The molecular weight excluding hydrogens is 318 g/mol. The van der Waals surface area contributed by atoms with Gasteiger partial charge in [-0.05, 0) is 38.1 Å². The van der Waals surface area contributed by atoms with Gasteiger partial charge in [0.05, 0.1) is 18.8 Å². The number of phenolic OH excluding ortho intramolecular Hbond substituents is 1. The van der Waals surface area contributed by atoms with Crippen molar-refractivity contribution in [3.05, 3.63) is 52.0 Å². The van der Waals surface area contributed by atoms with Crippen molar-refractivity contribution in [1.82, 2.24) is 0 Å². The highest BCUT2D eigenvalue weighted by Gasteiger charge is 2.13. The molecule has 0 saturated carbocycles. The summed E-state index contributed by atoms with van der Waals surface area (Å²) in [6.07, 6.45) is 0. The number of phenols is 1. The molecule has 2 rings (SSSR count). The highest BCUT2D eigenvalue weighted by atomic mass is 79.9. The molecule has 0 aliphatic heterocycles. The average Bonchev–Trinajstić information content (AvgIpc) is 2.41. The molecule has 1 unspecified atom stereocenters. The van der Waals surface area contributed by atoms with E-state index in [-0.39, 0.29) is 6.04 Å². The molecule has 0 aliphatic carbocycles. The number of methoxy groups -OCH3 is 1. The largest absolute Gasteiger partial charge is 0.508 e. The van der Waals surface area contributed by atoms with Gasteiger partial charge < -0.3 is 15.2 Å². The SMILES string of the molecule is COc1ccc(Br)cc1NC(C)c1cc(C)ccc1O. The first-order chi connectivity index (χ1) is 9.51. The Labute approximate surface area is 127 Å². The van der Waals surface area contributed by atoms with Crippen molar-refractivity contribution >= 4 is 21.6 Å². The molecule has 2 N–H and O–H groups in total. The number of halogens is 1. The van der Waals surface area contributed by atoms with Gasteiger partial charge in [0.2, 0.25) is 0 Å². The van der Waals surface area contributed by atoms with Crippen molar-refractivity contribution in [1.29, 1.82) is 0 Å². The van der Waals surface area contributed by atoms with Crippen LogP contribution in [-0.2, 0) is 0 Å². The maximum Gasteiger partial charge on any atom is 0.142 e. The monoisotopic (exact) mass is 335 g/mol. The molecule has 106 valence electrons. The van der Waals surface area contributed by atoms with Crippen LogP contribution in [0.1, 0.15) is 24.1 Å². The van der Waals surface area contributed by atoms with Gasteiger partial charge in [0.1, 0.15) is 11.5 Å². The molecule has 0 heterocycles. The third-order valence-corrected chi connectivity index (χ3v) is 3.68. The van der Waals surface area contributed by atoms with Crippen LogP contribution in [0.2, 0.25) is 0 Å². The fraction of sp³-hybridized carbons (Fsp3) is 0.250. The summed E-state index contributed by atoms with van der Waals surface area (Å²) in [5.74, 6) is 1.07. The molecule has 0 saturated heterocycles. The van der Waals surface area contributed by atoms with Crippen molar-refractivity contribution in [2.45, 2.75) is 19.9 Å². The number of hydrogen-bond acceptors (Lipinski definition) is 3. The van der Waals surface area contributed by atoms with E-state index in [1.54, 1.807) is 13.2 Å². The minimum atomic E-state index is -0.0295. The van der Waals surface area contributed by atoms with Gasteiger partial charge in [0.15, 0.2) is 0 Å². The Morgan fingerprint density at radius 2 is 1.95 bits per heavy atom. The Bertz CT molecular complexity index is 613. The summed E-state index contributed by atoms with van der Waals surface area (Å²) < 4.78 is 6.32. The lowest BCUT2D eigenvalue weighted by Crippen LogP contribution is -2.08. The third kappa shape index (κ3) is 3.25. The van der Waals surface area contributed by atoms with E-state index in [1.807, 2.05) is 44.2 Å². The number of nitrogens with one attached hydrogen (secondary N) is 1. The second kappa shape index (κ2) is 6.18. The van der Waals surface area contributed by atoms with Gasteiger partial charge in [0, 0.05) is 10.0 Å². The van der Waals surface area contributed by atoms with Crippen LogP contribution in [0.4, 0.5) is 5.69 Å². The third-order valence-electron chi connectivity index (χ3n) is 3.18. The van der Waals surface area contributed by atoms with Crippen LogP contribution in [0.5, 0.6) is 11.5 Å². The zero-order valence-electron chi connectivity index (χ0n) is 11.8. The second-order valence-electron chi connectivity index (χ2n) is 4.77. The summed E-state index contributed by atoms with van der Waals surface area (Å²) in [6, 6.07) is 11.4. The van der Waals surface area contributed by atoms with Crippen LogP contribution < -0.4 is 10.1 Å². The summed E-state index contributed by atoms with van der Waals surface area (Å²) >= 11 is 3.45. The lowest BCUT2D eigenvalue weighted by atomic mass is 10.0. The van der Waals surface area contributed by atoms with E-state index in [0.717, 1.165) is 27.0 Å². The van der Waals surface area contributed by atoms with Crippen molar-refractivity contribution in [3.8, 4) is 11.5 Å². The first kappa shape index (κ1) is 14.7. The molecular formula is C16H18BrNO2. The topological polar surface area (TPSA) is 41.5 Å². The number of ether oxygens (including phenoxy) is 1. The van der Waals surface area contributed by atoms with Gasteiger partial charge in [-0.3, -0.25) is 0 Å². The molecule has 0 fully saturated rings. The van der Waals surface area contributed by atoms with Gasteiger partial charge in [-0.1, -0.05) is 33.6 Å². The van der Waals surface area contributed by atoms with Gasteiger partial charge in [0.25, 0.3) is 0 Å². The van der Waals surface area contributed by atoms with Crippen LogP contribution >= 0.6 is 15.9 Å². The van der Waals surface area contributed by atoms with Gasteiger partial charge in [-0.25, -0.2) is 0 Å². The summed E-state index contributed by atoms with van der Waals surface area (Å²) in [4.78, 5) is 0. The first-order valence-corrected chi connectivity index (χ1v) is 7.20. The van der Waals surface area contributed by atoms with Gasteiger partial charge in [-0.15, -0.1) is 0 Å². The fourth-order valence-electron chi connectivity index (χ4n) is 2.12. The smallest absolute Gasteiger partial charge is 0.142 e. The minimum Gasteiger partial charge on any atom is -0.508 e. The van der Waals surface area contributed by atoms with E-state index >= 15 is 0 Å². The maximum absolute atomic E-state index is 9.98. The number of aryl methyl sites for hydroxylation is 1. The fourth-order valence-corrected chi connectivity index (χ4v) is 2.49. The van der Waals surface area contributed by atoms with Crippen molar-refractivity contribution in [3.63, 3.8) is 0 Å². The van der Waals surface area contributed by atoms with Crippen molar-refractivity contribution < 1.29 is 9.84 Å². The Kier molecular flexibility index (Phi) is 4.55. The number of hydrogen-bond donors (Lipinski definition) is 2. The standard InChI is InChI=1S/C16H18BrNO2/c1-10-4-6-15(19)13(8-10)11(2)18-14-9-12(17)5-7-16(14)20-3/h4-9,11,18-19H,1-3H3. The summed E-state index contributed by atoms with van der Waals surface area (Å²) in [7, 11) is 1.64. The molecule has 20 heavy (non-hydrogen) atoms. The van der Waals surface area contributed by atoms with E-state index in [1.165, 1.54) is 0 Å². The summed E-state index contributed by atoms with van der Waals surface area (Å²) in [5.41, 5.74) is 2.87. The molecule has 0 spiro atoms. The molecule has 2 aromatic rings. The molecule has 0 amide bonds. The Morgan fingerprint density at radius 3 is 2.65 bits per heavy atom. The van der Waals surface area contributed by atoms with E-state index < -0.39 is 0 Å². The summed E-state index contributed by atoms with van der Waals surface area (Å²) in [5, 5.41) is 13.4. The lowest BCUT2D eigenvalue weighted by molar-refractivity contribution is 0.416. The zero-order valence-corrected chi connectivity index (χ0v) is 13.4. The number of rotatable bonds is 4. The molecule has 0 aliphatic rings. The average molecular weight is 336 g/mol. The quantitative estimate of drug-likeness (QED) is 0.854. The molecule has 4 heteroatoms. The number of benzene rings is 2. The molecule has 0 aromatic heterocycles. The van der Waals surface area contributed by atoms with Gasteiger partial charge in [-0.2, -0.15) is 0 Å². The molecule has 0 bridgehead atoms. The molecule has 0 radical (unpaired) electrons. The van der Waals surface area contributed by atoms with Gasteiger partial charge >= 0.3 is 0 Å². The zero-order chi connectivity index (χ0) is 14.7. The van der Waals surface area contributed by atoms with Crippen molar-refractivity contribution in [2.24, 2.45) is 0 Å². The predicted octanol–water partition coefficient (Wildman–Crippen LogP) is 4.64. The van der Waals surface area contributed by atoms with E-state index in [4.69, 9.17) is 4.74 Å². The first-order valence-electron chi connectivity index (χ1n) is 6.41. The highest BCUT2D eigenvalue weighted by Crippen LogP contribution is 2.33. The van der Waals surface area contributed by atoms with Crippen LogP contribution in [-0.4, -0.2) is 12.2 Å². The molecule has 2 aromatic carbocycles. The molecule has 1 atom stereocenters. The Morgan fingerprint density at radius 1 is 1.20 bits per heavy atom. The van der Waals surface area contributed by atoms with Crippen LogP contribution in [0.25, 0.3) is 0 Å². The van der Waals surface area contributed by atoms with Crippen LogP contribution in [0, 0.1) is 6.92 Å². The number of anilines is 1. The summed E-state index contributed by atoms with van der Waals surface area (Å²) in [6.45, 7) is 4.02.